The van der Waals surface area contributed by atoms with Gasteiger partial charge in [-0.15, -0.1) is 24.0 Å². The summed E-state index contributed by atoms with van der Waals surface area (Å²) in [7, 11) is 0. The second-order valence-electron chi connectivity index (χ2n) is 6.72. The molecule has 0 atom stereocenters. The molecule has 2 saturated carbocycles. The summed E-state index contributed by atoms with van der Waals surface area (Å²) in [6.07, 6.45) is 13.5. The Kier molecular flexibility index (Phi) is 8.94. The number of halogens is 1. The molecule has 2 aliphatic rings. The van der Waals surface area contributed by atoms with Crippen LogP contribution >= 0.6 is 24.0 Å². The van der Waals surface area contributed by atoms with Crippen LogP contribution in [-0.2, 0) is 0 Å². The number of hydrogen-bond acceptors (Lipinski definition) is 2. The molecule has 0 amide bonds. The van der Waals surface area contributed by atoms with Crippen LogP contribution in [0.2, 0.25) is 0 Å². The van der Waals surface area contributed by atoms with Crippen LogP contribution < -0.4 is 11.1 Å². The van der Waals surface area contributed by atoms with Crippen molar-refractivity contribution in [2.24, 2.45) is 16.1 Å². The lowest BCUT2D eigenvalue weighted by atomic mass is 9.72. The van der Waals surface area contributed by atoms with E-state index in [9.17, 15) is 5.11 Å². The van der Waals surface area contributed by atoms with E-state index in [1.807, 2.05) is 0 Å². The highest BCUT2D eigenvalue weighted by Gasteiger charge is 2.31. The number of nitrogens with one attached hydrogen (secondary N) is 1. The molecular weight excluding hydrogens is 377 g/mol. The molecule has 21 heavy (non-hydrogen) atoms. The molecule has 0 saturated heterocycles. The molecule has 2 fully saturated rings. The Morgan fingerprint density at radius 2 is 1.71 bits per heavy atom. The molecule has 0 aromatic carbocycles. The highest BCUT2D eigenvalue weighted by Crippen LogP contribution is 2.39. The van der Waals surface area contributed by atoms with E-state index in [-0.39, 0.29) is 36.0 Å². The van der Waals surface area contributed by atoms with Gasteiger partial charge in [-0.1, -0.05) is 38.5 Å². The van der Waals surface area contributed by atoms with Gasteiger partial charge >= 0.3 is 0 Å². The van der Waals surface area contributed by atoms with Crippen LogP contribution in [0.15, 0.2) is 4.99 Å². The first-order valence-electron chi connectivity index (χ1n) is 8.41. The number of rotatable bonds is 5. The normalized spacial score (nSPS) is 23.4. The van der Waals surface area contributed by atoms with E-state index in [1.54, 1.807) is 0 Å². The van der Waals surface area contributed by atoms with Crippen LogP contribution in [-0.4, -0.2) is 30.3 Å². The van der Waals surface area contributed by atoms with Crippen LogP contribution in [0.4, 0.5) is 0 Å². The van der Waals surface area contributed by atoms with Crippen molar-refractivity contribution in [3.05, 3.63) is 0 Å². The molecule has 0 spiro atoms. The molecule has 2 rings (SSSR count). The lowest BCUT2D eigenvalue weighted by Gasteiger charge is -2.35. The Bertz CT molecular complexity index is 305. The van der Waals surface area contributed by atoms with Gasteiger partial charge in [-0.05, 0) is 37.5 Å². The molecule has 0 aliphatic heterocycles. The number of aliphatic imine (C=N–C) groups is 1. The standard InChI is InChI=1S/C16H31N3O.HI/c17-15(19-14-7-3-1-4-8-14)18-13-16(11-12-20)9-5-2-6-10-16;/h14,20H,1-13H2,(H3,17,18,19);1H. The molecule has 5 heteroatoms. The van der Waals surface area contributed by atoms with Gasteiger partial charge in [0.1, 0.15) is 0 Å². The van der Waals surface area contributed by atoms with Crippen molar-refractivity contribution in [2.45, 2.75) is 76.7 Å². The Labute approximate surface area is 146 Å². The zero-order chi connectivity index (χ0) is 14.3. The smallest absolute Gasteiger partial charge is 0.188 e. The maximum atomic E-state index is 9.31. The van der Waals surface area contributed by atoms with Crippen molar-refractivity contribution in [3.8, 4) is 0 Å². The summed E-state index contributed by atoms with van der Waals surface area (Å²) < 4.78 is 0. The molecule has 4 N–H and O–H groups in total. The molecule has 124 valence electrons. The number of hydrogen-bond donors (Lipinski definition) is 3. The minimum atomic E-state index is 0. The highest BCUT2D eigenvalue weighted by atomic mass is 127. The van der Waals surface area contributed by atoms with Gasteiger partial charge in [0.2, 0.25) is 0 Å². The van der Waals surface area contributed by atoms with E-state index in [4.69, 9.17) is 5.73 Å². The lowest BCUT2D eigenvalue weighted by molar-refractivity contribution is 0.137. The monoisotopic (exact) mass is 409 g/mol. The first-order chi connectivity index (χ1) is 9.74. The maximum Gasteiger partial charge on any atom is 0.188 e. The summed E-state index contributed by atoms with van der Waals surface area (Å²) in [5.74, 6) is 0.611. The fraction of sp³-hybridized carbons (Fsp3) is 0.938. The Hall–Kier alpha value is -0.0400. The Morgan fingerprint density at radius 3 is 2.33 bits per heavy atom. The average molecular weight is 409 g/mol. The summed E-state index contributed by atoms with van der Waals surface area (Å²) in [5, 5.41) is 12.7. The summed E-state index contributed by atoms with van der Waals surface area (Å²) in [4.78, 5) is 4.60. The summed E-state index contributed by atoms with van der Waals surface area (Å²) in [5.41, 5.74) is 6.25. The lowest BCUT2D eigenvalue weighted by Crippen LogP contribution is -2.42. The molecule has 2 aliphatic carbocycles. The van der Waals surface area contributed by atoms with Crippen molar-refractivity contribution in [1.29, 1.82) is 0 Å². The van der Waals surface area contributed by atoms with E-state index in [0.717, 1.165) is 13.0 Å². The number of aliphatic hydroxyl groups excluding tert-OH is 1. The minimum absolute atomic E-state index is 0. The van der Waals surface area contributed by atoms with Crippen molar-refractivity contribution in [2.75, 3.05) is 13.2 Å². The Morgan fingerprint density at radius 1 is 1.10 bits per heavy atom. The molecule has 0 unspecified atom stereocenters. The molecule has 0 heterocycles. The number of guanidine groups is 1. The molecule has 0 bridgehead atoms. The van der Waals surface area contributed by atoms with Crippen LogP contribution in [0.5, 0.6) is 0 Å². The van der Waals surface area contributed by atoms with Gasteiger partial charge in [0.05, 0.1) is 0 Å². The number of nitrogens with zero attached hydrogens (tertiary/aromatic N) is 1. The molecule has 4 nitrogen and oxygen atoms in total. The van der Waals surface area contributed by atoms with Gasteiger partial charge in [-0.2, -0.15) is 0 Å². The topological polar surface area (TPSA) is 70.6 Å². The van der Waals surface area contributed by atoms with E-state index in [1.165, 1.54) is 64.2 Å². The number of nitrogens with two attached hydrogens (primary N) is 1. The third kappa shape index (κ3) is 6.30. The van der Waals surface area contributed by atoms with E-state index >= 15 is 0 Å². The van der Waals surface area contributed by atoms with Crippen molar-refractivity contribution >= 4 is 29.9 Å². The van der Waals surface area contributed by atoms with E-state index < -0.39 is 0 Å². The van der Waals surface area contributed by atoms with Crippen molar-refractivity contribution < 1.29 is 5.11 Å². The van der Waals surface area contributed by atoms with Crippen LogP contribution in [0.1, 0.15) is 70.6 Å². The summed E-state index contributed by atoms with van der Waals surface area (Å²) >= 11 is 0. The van der Waals surface area contributed by atoms with Gasteiger partial charge < -0.3 is 16.2 Å². The van der Waals surface area contributed by atoms with Crippen LogP contribution in [0.3, 0.4) is 0 Å². The van der Waals surface area contributed by atoms with Crippen molar-refractivity contribution in [1.82, 2.24) is 5.32 Å². The fourth-order valence-corrected chi connectivity index (χ4v) is 3.78. The zero-order valence-corrected chi connectivity index (χ0v) is 15.5. The second-order valence-corrected chi connectivity index (χ2v) is 6.72. The number of aliphatic hydroxyl groups is 1. The zero-order valence-electron chi connectivity index (χ0n) is 13.1. The second kappa shape index (κ2) is 9.87. The van der Waals surface area contributed by atoms with Crippen LogP contribution in [0, 0.1) is 5.41 Å². The Balaban J connectivity index is 0.00000220. The highest BCUT2D eigenvalue weighted by molar-refractivity contribution is 14.0. The predicted octanol–water partition coefficient (Wildman–Crippen LogP) is 3.17. The predicted molar refractivity (Wildman–Crippen MR) is 99.1 cm³/mol. The van der Waals surface area contributed by atoms with Gasteiger partial charge in [0.15, 0.2) is 5.96 Å². The first-order valence-corrected chi connectivity index (χ1v) is 8.41. The van der Waals surface area contributed by atoms with Crippen LogP contribution in [0.25, 0.3) is 0 Å². The average Bonchev–Trinajstić information content (AvgIpc) is 2.48. The largest absolute Gasteiger partial charge is 0.396 e. The first kappa shape index (κ1) is 19.0. The van der Waals surface area contributed by atoms with Gasteiger partial charge in [-0.25, -0.2) is 0 Å². The maximum absolute atomic E-state index is 9.31. The van der Waals surface area contributed by atoms with Gasteiger partial charge in [0, 0.05) is 19.2 Å². The quantitative estimate of drug-likeness (QED) is 0.371. The third-order valence-corrected chi connectivity index (χ3v) is 5.10. The van der Waals surface area contributed by atoms with Gasteiger partial charge in [-0.3, -0.25) is 4.99 Å². The summed E-state index contributed by atoms with van der Waals surface area (Å²) in [6.45, 7) is 1.05. The molecule has 0 aromatic rings. The van der Waals surface area contributed by atoms with E-state index in [2.05, 4.69) is 10.3 Å². The molecule has 0 radical (unpaired) electrons. The fourth-order valence-electron chi connectivity index (χ4n) is 3.78. The third-order valence-electron chi connectivity index (χ3n) is 5.10. The van der Waals surface area contributed by atoms with E-state index in [0.29, 0.717) is 12.0 Å². The molecule has 0 aromatic heterocycles. The van der Waals surface area contributed by atoms with Crippen molar-refractivity contribution in [3.63, 3.8) is 0 Å². The molecular formula is C16H32IN3O. The van der Waals surface area contributed by atoms with Gasteiger partial charge in [0.25, 0.3) is 0 Å². The SMILES string of the molecule is I.NC(=NCC1(CCO)CCCCC1)NC1CCCCC1. The minimum Gasteiger partial charge on any atom is -0.396 e. The summed E-state index contributed by atoms with van der Waals surface area (Å²) in [6, 6.07) is 0.521.